The van der Waals surface area contributed by atoms with Crippen molar-refractivity contribution in [2.45, 2.75) is 51.0 Å². The molecule has 2 fully saturated rings. The quantitative estimate of drug-likeness (QED) is 0.209. The Balaban J connectivity index is 0.000000188. The van der Waals surface area contributed by atoms with Crippen LogP contribution in [0.4, 0.5) is 0 Å². The summed E-state index contributed by atoms with van der Waals surface area (Å²) in [7, 11) is 3.73. The van der Waals surface area contributed by atoms with Crippen LogP contribution in [0.5, 0.6) is 0 Å². The van der Waals surface area contributed by atoms with Crippen LogP contribution in [0.25, 0.3) is 5.32 Å². The van der Waals surface area contributed by atoms with Crippen LogP contribution < -0.4 is 15.9 Å². The summed E-state index contributed by atoms with van der Waals surface area (Å²) in [6, 6.07) is 33.2. The first-order chi connectivity index (χ1) is 16.4. The van der Waals surface area contributed by atoms with Crippen molar-refractivity contribution in [3.05, 3.63) is 103 Å². The fraction of sp³-hybridized carbons (Fsp3) is 0.345. The zero-order chi connectivity index (χ0) is 23.1. The fourth-order valence-electron chi connectivity index (χ4n) is 4.80. The summed E-state index contributed by atoms with van der Waals surface area (Å²) in [4.78, 5) is 0. The van der Waals surface area contributed by atoms with Gasteiger partial charge in [0.1, 0.15) is 15.9 Å². The Kier molecular flexibility index (Phi) is 12.8. The minimum Gasteiger partial charge on any atom is -0.0620 e. The molecule has 1 saturated heterocycles. The molecule has 5 rings (SSSR count). The Morgan fingerprint density at radius 1 is 0.667 bits per heavy atom. The summed E-state index contributed by atoms with van der Waals surface area (Å²) >= 11 is 1.61. The topological polar surface area (TPSA) is 14.1 Å². The average Bonchev–Trinajstić information content (AvgIpc) is 2.93. The number of nitrogens with zero attached hydrogens (tertiary/aromatic N) is 1. The van der Waals surface area contributed by atoms with Crippen molar-refractivity contribution < 1.29 is 18.8 Å². The summed E-state index contributed by atoms with van der Waals surface area (Å²) in [6.45, 7) is 1.13. The molecular weight excluding hydrogens is 624 g/mol. The van der Waals surface area contributed by atoms with Gasteiger partial charge in [0, 0.05) is 0 Å². The molecule has 1 nitrogen and oxygen atoms in total. The molecule has 3 aromatic carbocycles. The summed E-state index contributed by atoms with van der Waals surface area (Å²) < 4.78 is 0. The Bertz CT molecular complexity index is 756. The molecule has 0 N–H and O–H groups in total. The van der Waals surface area contributed by atoms with Crippen LogP contribution in [-0.4, -0.2) is 12.6 Å². The van der Waals surface area contributed by atoms with E-state index in [1.54, 1.807) is 18.8 Å². The van der Waals surface area contributed by atoms with Crippen LogP contribution in [0.15, 0.2) is 91.0 Å². The van der Waals surface area contributed by atoms with Gasteiger partial charge < -0.3 is 11.7 Å². The van der Waals surface area contributed by atoms with Crippen LogP contribution in [0.1, 0.15) is 44.9 Å². The van der Waals surface area contributed by atoms with Gasteiger partial charge in [-0.05, 0) is 36.4 Å². The molecule has 0 aromatic heterocycles. The molecule has 33 heavy (non-hydrogen) atoms. The summed E-state index contributed by atoms with van der Waals surface area (Å²) in [6.07, 6.45) is 12.3. The van der Waals surface area contributed by atoms with Gasteiger partial charge in [-0.1, -0.05) is 93.1 Å². The van der Waals surface area contributed by atoms with Gasteiger partial charge in [0.25, 0.3) is 0 Å². The first kappa shape index (κ1) is 26.6. The maximum atomic E-state index is 4.72. The molecule has 0 radical (unpaired) electrons. The Morgan fingerprint density at radius 3 is 1.55 bits per heavy atom. The van der Waals surface area contributed by atoms with Crippen molar-refractivity contribution in [2.24, 2.45) is 5.92 Å². The van der Waals surface area contributed by atoms with Gasteiger partial charge in [-0.25, -0.2) is 0 Å². The van der Waals surface area contributed by atoms with Crippen molar-refractivity contribution in [1.29, 1.82) is 0 Å². The second kappa shape index (κ2) is 15.8. The molecule has 2 atom stereocenters. The normalized spacial score (nSPS) is 20.1. The number of benzene rings is 3. The molecule has 2 unspecified atom stereocenters. The largest absolute Gasteiger partial charge is 0.102 e. The number of hydrogen-bond acceptors (Lipinski definition) is 0. The Hall–Kier alpha value is -0.972. The van der Waals surface area contributed by atoms with E-state index in [4.69, 9.17) is 5.32 Å². The molecule has 2 aliphatic rings. The zero-order valence-electron chi connectivity index (χ0n) is 19.2. The molecular formula is C29H35ClNPPt-. The van der Waals surface area contributed by atoms with Gasteiger partial charge in [0.2, 0.25) is 0 Å². The van der Waals surface area contributed by atoms with E-state index in [-0.39, 0.29) is 0 Å². The predicted molar refractivity (Wildman–Crippen MR) is 145 cm³/mol. The summed E-state index contributed by atoms with van der Waals surface area (Å²) in [5.74, 6) is 0.846. The van der Waals surface area contributed by atoms with Crippen LogP contribution in [0, 0.1) is 12.3 Å². The van der Waals surface area contributed by atoms with Crippen LogP contribution in [-0.2, 0) is 18.8 Å². The third-order valence-electron chi connectivity index (χ3n) is 6.41. The molecule has 4 heteroatoms. The monoisotopic (exact) mass is 658 g/mol. The van der Waals surface area contributed by atoms with E-state index in [2.05, 4.69) is 107 Å². The van der Waals surface area contributed by atoms with E-state index in [0.717, 1.165) is 12.5 Å². The van der Waals surface area contributed by atoms with E-state index in [0.29, 0.717) is 6.04 Å². The zero-order valence-corrected chi connectivity index (χ0v) is 23.2. The molecule has 1 aliphatic heterocycles. The summed E-state index contributed by atoms with van der Waals surface area (Å²) in [5.41, 5.74) is 0. The number of piperidine rings is 1. The predicted octanol–water partition coefficient (Wildman–Crippen LogP) is 7.17. The average molecular weight is 659 g/mol. The third kappa shape index (κ3) is 8.63. The number of rotatable bonds is 4. The second-order valence-corrected chi connectivity index (χ2v) is 11.1. The Morgan fingerprint density at radius 2 is 1.15 bits per heavy atom. The van der Waals surface area contributed by atoms with E-state index in [1.807, 2.05) is 0 Å². The van der Waals surface area contributed by atoms with Gasteiger partial charge in [-0.15, -0.1) is 6.54 Å². The van der Waals surface area contributed by atoms with Crippen LogP contribution >= 0.6 is 17.3 Å². The van der Waals surface area contributed by atoms with Gasteiger partial charge in [-0.3, -0.25) is 0 Å². The van der Waals surface area contributed by atoms with Crippen LogP contribution in [0.3, 0.4) is 0 Å². The fourth-order valence-corrected chi connectivity index (χ4v) is 7.38. The van der Waals surface area contributed by atoms with E-state index in [1.165, 1.54) is 60.9 Å². The molecule has 1 aliphatic carbocycles. The van der Waals surface area contributed by atoms with E-state index in [9.17, 15) is 0 Å². The van der Waals surface area contributed by atoms with Crippen LogP contribution in [0.2, 0.25) is 0 Å². The molecule has 1 heterocycles. The minimum absolute atomic E-state index is 0.707. The maximum absolute atomic E-state index is 4.72. The second-order valence-electron chi connectivity index (χ2n) is 8.63. The number of halogens is 1. The van der Waals surface area contributed by atoms with Crippen molar-refractivity contribution in [2.75, 3.05) is 6.54 Å². The first-order valence-electron chi connectivity index (χ1n) is 12.1. The first-order valence-corrected chi connectivity index (χ1v) is 16.4. The van der Waals surface area contributed by atoms with E-state index < -0.39 is 7.92 Å². The van der Waals surface area contributed by atoms with Crippen molar-refractivity contribution >= 4 is 33.3 Å². The Labute approximate surface area is 217 Å². The van der Waals surface area contributed by atoms with Crippen molar-refractivity contribution in [1.82, 2.24) is 0 Å². The smallest absolute Gasteiger partial charge is 0.0620 e. The maximum Gasteiger partial charge on any atom is 0.102 e. The van der Waals surface area contributed by atoms with Gasteiger partial charge in [0.05, 0.1) is 7.92 Å². The van der Waals surface area contributed by atoms with Gasteiger partial charge in [-0.2, -0.15) is 18.4 Å². The summed E-state index contributed by atoms with van der Waals surface area (Å²) in [5, 5.41) is 9.03. The van der Waals surface area contributed by atoms with E-state index >= 15 is 0 Å². The van der Waals surface area contributed by atoms with Crippen molar-refractivity contribution in [3.63, 3.8) is 0 Å². The molecule has 3 aromatic rings. The molecule has 0 amide bonds. The minimum atomic E-state index is -0.877. The standard InChI is InChI=1S/C18H15P.C11H19N.ClH.Pt/c1-4-10-16(11-5-1)19(17-12-6-2-7-13-17)18-14-8-3-9-15-18;1-2-6-10(7-3-1)11-8-4-5-9-12-11;;/h1-15H;6,10-11H,1-5,7-9H2;1H;/q;-2;;+1. The number of hydrogen-bond donors (Lipinski definition) is 0. The molecule has 0 spiro atoms. The molecule has 179 valence electrons. The third-order valence-corrected chi connectivity index (χ3v) is 9.15. The SMILES string of the molecule is [CH-]1CCCCC1C1CCCC[N-]1.[Cl][Pt].c1ccc([PH+](c2ccccc2)c2ccccc2)cc1. The van der Waals surface area contributed by atoms with Gasteiger partial charge in [0.15, 0.2) is 0 Å². The molecule has 0 bridgehead atoms. The molecule has 1 saturated carbocycles. The van der Waals surface area contributed by atoms with Gasteiger partial charge >= 0.3 is 28.2 Å². The van der Waals surface area contributed by atoms with Crippen molar-refractivity contribution in [3.8, 4) is 0 Å².